The minimum absolute atomic E-state index is 0. The lowest BCUT2D eigenvalue weighted by Gasteiger charge is -2.32. The molecule has 0 unspecified atom stereocenters. The van der Waals surface area contributed by atoms with Crippen LogP contribution in [0.3, 0.4) is 0 Å². The Balaban J connectivity index is 0.00000450. The maximum atomic E-state index is 12.9. The van der Waals surface area contributed by atoms with E-state index in [0.717, 1.165) is 32.0 Å². The van der Waals surface area contributed by atoms with Crippen LogP contribution in [-0.4, -0.2) is 74.7 Å². The number of alkyl halides is 3. The Bertz CT molecular complexity index is 697. The highest BCUT2D eigenvalue weighted by molar-refractivity contribution is 14.0. The number of hydrogen-bond donors (Lipinski definition) is 3. The number of aromatic nitrogens is 1. The van der Waals surface area contributed by atoms with Crippen molar-refractivity contribution in [1.82, 2.24) is 25.8 Å². The van der Waals surface area contributed by atoms with E-state index in [1.165, 1.54) is 12.3 Å². The lowest BCUT2D eigenvalue weighted by molar-refractivity contribution is -0.139. The predicted octanol–water partition coefficient (Wildman–Crippen LogP) is 1.47. The number of nitrogens with zero attached hydrogens (tertiary/aromatic N) is 3. The van der Waals surface area contributed by atoms with Crippen molar-refractivity contribution in [2.75, 3.05) is 46.9 Å². The van der Waals surface area contributed by atoms with Gasteiger partial charge in [-0.05, 0) is 25.0 Å². The number of ether oxygens (including phenoxy) is 1. The summed E-state index contributed by atoms with van der Waals surface area (Å²) >= 11 is 0. The van der Waals surface area contributed by atoms with Crippen molar-refractivity contribution in [1.29, 1.82) is 0 Å². The van der Waals surface area contributed by atoms with Gasteiger partial charge in [0.25, 0.3) is 0 Å². The third-order valence-electron chi connectivity index (χ3n) is 4.51. The molecule has 2 heterocycles. The molecule has 30 heavy (non-hydrogen) atoms. The number of likely N-dealkylation sites (N-methyl/N-ethyl adjacent to an activating group) is 1. The van der Waals surface area contributed by atoms with E-state index >= 15 is 0 Å². The Hall–Kier alpha value is -1.83. The molecule has 0 radical (unpaired) electrons. The Kier molecular flexibility index (Phi) is 11.2. The molecular formula is C18H28F3IN6O2. The number of piperidine rings is 1. The molecule has 1 aliphatic rings. The Labute approximate surface area is 191 Å². The van der Waals surface area contributed by atoms with E-state index < -0.39 is 17.6 Å². The number of pyridine rings is 1. The van der Waals surface area contributed by atoms with E-state index in [-0.39, 0.29) is 49.1 Å². The average molecular weight is 544 g/mol. The van der Waals surface area contributed by atoms with Gasteiger partial charge in [-0.2, -0.15) is 13.2 Å². The Morgan fingerprint density at radius 2 is 2.07 bits per heavy atom. The number of carbonyl (C=O) groups excluding carboxylic acids is 1. The van der Waals surface area contributed by atoms with Gasteiger partial charge in [0.15, 0.2) is 5.96 Å². The molecule has 1 aliphatic heterocycles. The average Bonchev–Trinajstić information content (AvgIpc) is 2.71. The van der Waals surface area contributed by atoms with Gasteiger partial charge in [0, 0.05) is 39.4 Å². The topological polar surface area (TPSA) is 90.9 Å². The molecule has 0 saturated carbocycles. The lowest BCUT2D eigenvalue weighted by Crippen LogP contribution is -2.50. The van der Waals surface area contributed by atoms with Gasteiger partial charge < -0.3 is 20.7 Å². The molecule has 1 saturated heterocycles. The van der Waals surface area contributed by atoms with Crippen LogP contribution in [0.1, 0.15) is 18.4 Å². The summed E-state index contributed by atoms with van der Waals surface area (Å²) in [5, 5.41) is 8.93. The van der Waals surface area contributed by atoms with E-state index in [0.29, 0.717) is 12.5 Å². The van der Waals surface area contributed by atoms with Gasteiger partial charge in [-0.15, -0.1) is 24.0 Å². The molecule has 0 aromatic carbocycles. The maximum Gasteiger partial charge on any atom is 0.421 e. The molecule has 1 amide bonds. The van der Waals surface area contributed by atoms with E-state index in [1.54, 1.807) is 14.1 Å². The summed E-state index contributed by atoms with van der Waals surface area (Å²) in [6.45, 7) is 2.26. The molecule has 0 aliphatic carbocycles. The van der Waals surface area contributed by atoms with E-state index in [4.69, 9.17) is 4.74 Å². The van der Waals surface area contributed by atoms with Crippen molar-refractivity contribution < 1.29 is 22.7 Å². The van der Waals surface area contributed by atoms with Crippen molar-refractivity contribution in [2.45, 2.75) is 25.1 Å². The van der Waals surface area contributed by atoms with E-state index in [1.807, 2.05) is 0 Å². The second kappa shape index (κ2) is 12.8. The second-order valence-electron chi connectivity index (χ2n) is 6.57. The highest BCUT2D eigenvalue weighted by Crippen LogP contribution is 2.34. The molecule has 1 aromatic heterocycles. The van der Waals surface area contributed by atoms with Crippen LogP contribution in [0.25, 0.3) is 0 Å². The number of guanidine groups is 1. The molecule has 0 bridgehead atoms. The molecular weight excluding hydrogens is 516 g/mol. The summed E-state index contributed by atoms with van der Waals surface area (Å²) in [7, 11) is 3.24. The van der Waals surface area contributed by atoms with Gasteiger partial charge in [-0.1, -0.05) is 0 Å². The fourth-order valence-corrected chi connectivity index (χ4v) is 2.94. The van der Waals surface area contributed by atoms with Crippen molar-refractivity contribution in [3.63, 3.8) is 0 Å². The number of nitrogens with one attached hydrogen (secondary N) is 3. The van der Waals surface area contributed by atoms with Gasteiger partial charge >= 0.3 is 6.18 Å². The smallest absolute Gasteiger partial charge is 0.421 e. The molecule has 12 heteroatoms. The van der Waals surface area contributed by atoms with Gasteiger partial charge in [0.2, 0.25) is 11.8 Å². The summed E-state index contributed by atoms with van der Waals surface area (Å²) in [4.78, 5) is 21.3. The SMILES string of the molecule is CN=C(NCCOc1ncccc1C(F)(F)F)NC1CCN(CC(=O)NC)CC1.I. The first kappa shape index (κ1) is 26.2. The van der Waals surface area contributed by atoms with Crippen molar-refractivity contribution in [2.24, 2.45) is 4.99 Å². The van der Waals surface area contributed by atoms with Gasteiger partial charge in [0.05, 0.1) is 13.1 Å². The molecule has 3 N–H and O–H groups in total. The summed E-state index contributed by atoms with van der Waals surface area (Å²) < 4.78 is 44.0. The number of hydrogen-bond acceptors (Lipinski definition) is 5. The first-order valence-corrected chi connectivity index (χ1v) is 9.38. The van der Waals surface area contributed by atoms with Crippen molar-refractivity contribution in [3.05, 3.63) is 23.9 Å². The molecule has 8 nitrogen and oxygen atoms in total. The van der Waals surface area contributed by atoms with Gasteiger partial charge in [-0.3, -0.25) is 14.7 Å². The molecule has 0 atom stereocenters. The summed E-state index contributed by atoms with van der Waals surface area (Å²) in [6, 6.07) is 2.36. The molecule has 0 spiro atoms. The second-order valence-corrected chi connectivity index (χ2v) is 6.57. The summed E-state index contributed by atoms with van der Waals surface area (Å²) in [5.74, 6) is 0.110. The minimum Gasteiger partial charge on any atom is -0.475 e. The standard InChI is InChI=1S/C18H27F3N6O2.HI/c1-22-15(28)12-27-9-5-13(6-10-27)26-17(23-2)25-8-11-29-16-14(18(19,20)21)4-3-7-24-16;/h3-4,7,13H,5-6,8-12H2,1-2H3,(H,22,28)(H2,23,25,26);1H. The third kappa shape index (κ3) is 8.50. The molecule has 1 aromatic rings. The number of rotatable bonds is 7. The maximum absolute atomic E-state index is 12.9. The number of likely N-dealkylation sites (tertiary alicyclic amines) is 1. The van der Waals surface area contributed by atoms with Gasteiger partial charge in [-0.25, -0.2) is 4.98 Å². The quantitative estimate of drug-likeness (QED) is 0.209. The van der Waals surface area contributed by atoms with Crippen LogP contribution < -0.4 is 20.7 Å². The molecule has 2 rings (SSSR count). The summed E-state index contributed by atoms with van der Waals surface area (Å²) in [6.07, 6.45) is -1.54. The van der Waals surface area contributed by atoms with Crippen LogP contribution >= 0.6 is 24.0 Å². The van der Waals surface area contributed by atoms with E-state index in [2.05, 4.69) is 30.8 Å². The minimum atomic E-state index is -4.51. The van der Waals surface area contributed by atoms with Crippen LogP contribution in [0, 0.1) is 0 Å². The van der Waals surface area contributed by atoms with E-state index in [9.17, 15) is 18.0 Å². The van der Waals surface area contributed by atoms with Gasteiger partial charge in [0.1, 0.15) is 12.2 Å². The largest absolute Gasteiger partial charge is 0.475 e. The predicted molar refractivity (Wildman–Crippen MR) is 118 cm³/mol. The van der Waals surface area contributed by atoms with Crippen LogP contribution in [0.15, 0.2) is 23.3 Å². The van der Waals surface area contributed by atoms with Crippen molar-refractivity contribution >= 4 is 35.8 Å². The highest BCUT2D eigenvalue weighted by atomic mass is 127. The van der Waals surface area contributed by atoms with Crippen molar-refractivity contribution in [3.8, 4) is 5.88 Å². The van der Waals surface area contributed by atoms with Crippen LogP contribution in [0.4, 0.5) is 13.2 Å². The number of carbonyl (C=O) groups is 1. The molecule has 170 valence electrons. The van der Waals surface area contributed by atoms with Crippen LogP contribution in [-0.2, 0) is 11.0 Å². The molecule has 1 fully saturated rings. The van der Waals surface area contributed by atoms with Crippen LogP contribution in [0.5, 0.6) is 5.88 Å². The zero-order valence-corrected chi connectivity index (χ0v) is 19.3. The fourth-order valence-electron chi connectivity index (χ4n) is 2.94. The Morgan fingerprint density at radius 3 is 2.67 bits per heavy atom. The third-order valence-corrected chi connectivity index (χ3v) is 4.51. The lowest BCUT2D eigenvalue weighted by atomic mass is 10.1. The number of halogens is 4. The zero-order valence-electron chi connectivity index (χ0n) is 17.0. The summed E-state index contributed by atoms with van der Waals surface area (Å²) in [5.41, 5.74) is -0.897. The fraction of sp³-hybridized carbons (Fsp3) is 0.611. The number of amides is 1. The highest BCUT2D eigenvalue weighted by Gasteiger charge is 2.35. The first-order valence-electron chi connectivity index (χ1n) is 9.38. The Morgan fingerprint density at radius 1 is 1.37 bits per heavy atom. The first-order chi connectivity index (χ1) is 13.8. The number of aliphatic imine (C=N–C) groups is 1. The van der Waals surface area contributed by atoms with Crippen LogP contribution in [0.2, 0.25) is 0 Å². The normalized spacial score (nSPS) is 15.8. The monoisotopic (exact) mass is 544 g/mol. The zero-order chi connectivity index (χ0) is 21.3.